The summed E-state index contributed by atoms with van der Waals surface area (Å²) in [7, 11) is -3.49. The molecule has 1 saturated heterocycles. The van der Waals surface area contributed by atoms with Crippen LogP contribution in [0.15, 0.2) is 23.4 Å². The van der Waals surface area contributed by atoms with E-state index < -0.39 is 10.0 Å². The van der Waals surface area contributed by atoms with Crippen LogP contribution in [0.3, 0.4) is 0 Å². The van der Waals surface area contributed by atoms with Gasteiger partial charge in [0.2, 0.25) is 10.0 Å². The molecule has 8 heteroatoms. The van der Waals surface area contributed by atoms with Crippen molar-refractivity contribution >= 4 is 27.7 Å². The number of sulfonamides is 1. The van der Waals surface area contributed by atoms with E-state index >= 15 is 0 Å². The van der Waals surface area contributed by atoms with Gasteiger partial charge in [-0.3, -0.25) is 4.79 Å². The second-order valence-corrected chi connectivity index (χ2v) is 7.25. The molecule has 1 aliphatic rings. The van der Waals surface area contributed by atoms with Crippen molar-refractivity contribution in [3.05, 3.63) is 23.9 Å². The SMILES string of the molecule is CSc1ncccc1C(=O)N1CC[C@@H](CS(N)(=O)=O)C1. The van der Waals surface area contributed by atoms with Gasteiger partial charge in [0.25, 0.3) is 5.91 Å². The minimum absolute atomic E-state index is 0.0702. The number of thioether (sulfide) groups is 1. The van der Waals surface area contributed by atoms with E-state index in [9.17, 15) is 13.2 Å². The number of hydrogen-bond donors (Lipinski definition) is 1. The van der Waals surface area contributed by atoms with Crippen molar-refractivity contribution in [2.45, 2.75) is 11.4 Å². The summed E-state index contributed by atoms with van der Waals surface area (Å²) in [5, 5.41) is 5.74. The summed E-state index contributed by atoms with van der Waals surface area (Å²) < 4.78 is 22.2. The van der Waals surface area contributed by atoms with Crippen molar-refractivity contribution in [2.75, 3.05) is 25.1 Å². The molecule has 1 fully saturated rings. The predicted octanol–water partition coefficient (Wildman–Crippen LogP) is 0.554. The molecule has 1 aliphatic heterocycles. The van der Waals surface area contributed by atoms with Gasteiger partial charge in [-0.25, -0.2) is 18.5 Å². The van der Waals surface area contributed by atoms with Crippen LogP contribution in [0.2, 0.25) is 0 Å². The zero-order valence-corrected chi connectivity index (χ0v) is 12.8. The summed E-state index contributed by atoms with van der Waals surface area (Å²) in [6, 6.07) is 3.47. The minimum atomic E-state index is -3.49. The van der Waals surface area contributed by atoms with Crippen molar-refractivity contribution < 1.29 is 13.2 Å². The summed E-state index contributed by atoms with van der Waals surface area (Å²) in [6.07, 6.45) is 4.18. The van der Waals surface area contributed by atoms with Gasteiger partial charge >= 0.3 is 0 Å². The molecule has 1 atom stereocenters. The smallest absolute Gasteiger partial charge is 0.256 e. The van der Waals surface area contributed by atoms with Crippen molar-refractivity contribution in [2.24, 2.45) is 11.1 Å². The molecule has 2 N–H and O–H groups in total. The lowest BCUT2D eigenvalue weighted by molar-refractivity contribution is 0.0784. The number of carbonyl (C=O) groups excluding carboxylic acids is 1. The molecule has 0 aliphatic carbocycles. The molecule has 6 nitrogen and oxygen atoms in total. The molecule has 2 rings (SSSR count). The van der Waals surface area contributed by atoms with Gasteiger partial charge in [-0.05, 0) is 30.7 Å². The Kier molecular flexibility index (Phi) is 4.66. The van der Waals surface area contributed by atoms with Crippen LogP contribution in [0, 0.1) is 5.92 Å². The average molecular weight is 315 g/mol. The first-order chi connectivity index (χ1) is 9.40. The Bertz CT molecular complexity index is 604. The highest BCUT2D eigenvalue weighted by molar-refractivity contribution is 7.98. The summed E-state index contributed by atoms with van der Waals surface area (Å²) in [5.41, 5.74) is 0.566. The summed E-state index contributed by atoms with van der Waals surface area (Å²) in [4.78, 5) is 18.3. The molecule has 0 aromatic carbocycles. The Labute approximate surface area is 122 Å². The molecule has 0 spiro atoms. The van der Waals surface area contributed by atoms with Crippen LogP contribution in [0.5, 0.6) is 0 Å². The van der Waals surface area contributed by atoms with E-state index in [0.717, 1.165) is 0 Å². The second kappa shape index (κ2) is 6.11. The van der Waals surface area contributed by atoms with Crippen molar-refractivity contribution in [1.29, 1.82) is 0 Å². The molecule has 0 bridgehead atoms. The lowest BCUT2D eigenvalue weighted by atomic mass is 10.2. The third-order valence-electron chi connectivity index (χ3n) is 3.24. The van der Waals surface area contributed by atoms with Crippen LogP contribution in [-0.4, -0.2) is 49.3 Å². The molecule has 110 valence electrons. The molecule has 0 radical (unpaired) electrons. The Morgan fingerprint density at radius 1 is 1.60 bits per heavy atom. The zero-order valence-electron chi connectivity index (χ0n) is 11.2. The van der Waals surface area contributed by atoms with Gasteiger partial charge in [0.1, 0.15) is 5.03 Å². The highest BCUT2D eigenvalue weighted by Gasteiger charge is 2.30. The maximum Gasteiger partial charge on any atom is 0.256 e. The quantitative estimate of drug-likeness (QED) is 0.819. The molecule has 1 aromatic rings. The van der Waals surface area contributed by atoms with Crippen LogP contribution in [-0.2, 0) is 10.0 Å². The number of hydrogen-bond acceptors (Lipinski definition) is 5. The lowest BCUT2D eigenvalue weighted by Gasteiger charge is -2.17. The molecule has 1 amide bonds. The van der Waals surface area contributed by atoms with Gasteiger partial charge < -0.3 is 4.90 Å². The highest BCUT2D eigenvalue weighted by Crippen LogP contribution is 2.23. The fraction of sp³-hybridized carbons (Fsp3) is 0.500. The van der Waals surface area contributed by atoms with E-state index in [-0.39, 0.29) is 17.6 Å². The Balaban J connectivity index is 2.08. The number of pyridine rings is 1. The second-order valence-electron chi connectivity index (χ2n) is 4.80. The summed E-state index contributed by atoms with van der Waals surface area (Å²) >= 11 is 1.42. The number of primary sulfonamides is 1. The van der Waals surface area contributed by atoms with E-state index in [1.165, 1.54) is 11.8 Å². The van der Waals surface area contributed by atoms with Crippen LogP contribution in [0.4, 0.5) is 0 Å². The predicted molar refractivity (Wildman–Crippen MR) is 78.0 cm³/mol. The lowest BCUT2D eigenvalue weighted by Crippen LogP contribution is -2.31. The normalized spacial score (nSPS) is 19.3. The van der Waals surface area contributed by atoms with Crippen molar-refractivity contribution in [3.63, 3.8) is 0 Å². The number of nitrogens with zero attached hydrogens (tertiary/aromatic N) is 2. The molecule has 0 unspecified atom stereocenters. The summed E-state index contributed by atoms with van der Waals surface area (Å²) in [6.45, 7) is 0.986. The third kappa shape index (κ3) is 3.71. The van der Waals surface area contributed by atoms with Gasteiger partial charge in [0.05, 0.1) is 11.3 Å². The Morgan fingerprint density at radius 3 is 3.00 bits per heavy atom. The maximum atomic E-state index is 12.4. The first kappa shape index (κ1) is 15.3. The molecule has 0 saturated carbocycles. The van der Waals surface area contributed by atoms with E-state index in [4.69, 9.17) is 5.14 Å². The summed E-state index contributed by atoms with van der Waals surface area (Å²) in [5.74, 6) is -0.248. The van der Waals surface area contributed by atoms with Gasteiger partial charge in [-0.2, -0.15) is 0 Å². The standard InChI is InChI=1S/C12H17N3O3S2/c1-19-11-10(3-2-5-14-11)12(16)15-6-4-9(7-15)8-20(13,17)18/h2-3,5,9H,4,6-8H2,1H3,(H2,13,17,18)/t9-/m1/s1. The first-order valence-electron chi connectivity index (χ1n) is 6.19. The van der Waals surface area contributed by atoms with Gasteiger partial charge in [-0.1, -0.05) is 0 Å². The van der Waals surface area contributed by atoms with E-state index in [2.05, 4.69) is 4.98 Å². The van der Waals surface area contributed by atoms with Gasteiger partial charge in [-0.15, -0.1) is 11.8 Å². The van der Waals surface area contributed by atoms with Crippen molar-refractivity contribution in [3.8, 4) is 0 Å². The monoisotopic (exact) mass is 315 g/mol. The Morgan fingerprint density at radius 2 is 2.35 bits per heavy atom. The van der Waals surface area contributed by atoms with E-state index in [1.54, 1.807) is 23.2 Å². The highest BCUT2D eigenvalue weighted by atomic mass is 32.2. The first-order valence-corrected chi connectivity index (χ1v) is 9.13. The molecule has 1 aromatic heterocycles. The fourth-order valence-electron chi connectivity index (χ4n) is 2.37. The topological polar surface area (TPSA) is 93.4 Å². The third-order valence-corrected chi connectivity index (χ3v) is 4.88. The van der Waals surface area contributed by atoms with Crippen LogP contribution in [0.25, 0.3) is 0 Å². The minimum Gasteiger partial charge on any atom is -0.338 e. The van der Waals surface area contributed by atoms with Gasteiger partial charge in [0, 0.05) is 19.3 Å². The molecular formula is C12H17N3O3S2. The number of aromatic nitrogens is 1. The maximum absolute atomic E-state index is 12.4. The average Bonchev–Trinajstić information content (AvgIpc) is 2.84. The molecular weight excluding hydrogens is 298 g/mol. The number of carbonyl (C=O) groups is 1. The Hall–Kier alpha value is -1.12. The fourth-order valence-corrected chi connectivity index (χ4v) is 3.84. The van der Waals surface area contributed by atoms with Crippen LogP contribution in [0.1, 0.15) is 16.8 Å². The number of amides is 1. The zero-order chi connectivity index (χ0) is 14.8. The number of nitrogens with two attached hydrogens (primary N) is 1. The van der Waals surface area contributed by atoms with E-state index in [1.807, 2.05) is 6.26 Å². The van der Waals surface area contributed by atoms with Crippen LogP contribution >= 0.6 is 11.8 Å². The molecule has 20 heavy (non-hydrogen) atoms. The largest absolute Gasteiger partial charge is 0.338 e. The van der Waals surface area contributed by atoms with E-state index in [0.29, 0.717) is 30.1 Å². The van der Waals surface area contributed by atoms with Crippen LogP contribution < -0.4 is 5.14 Å². The number of likely N-dealkylation sites (tertiary alicyclic amines) is 1. The molecule has 2 heterocycles. The van der Waals surface area contributed by atoms with Crippen molar-refractivity contribution in [1.82, 2.24) is 9.88 Å². The number of rotatable bonds is 4. The van der Waals surface area contributed by atoms with Gasteiger partial charge in [0.15, 0.2) is 0 Å².